The van der Waals surface area contributed by atoms with Crippen molar-refractivity contribution in [1.29, 1.82) is 0 Å². The molecule has 1 unspecified atom stereocenters. The van der Waals surface area contributed by atoms with Gasteiger partial charge in [0.2, 0.25) is 0 Å². The summed E-state index contributed by atoms with van der Waals surface area (Å²) in [5, 5.41) is 9.07. The fourth-order valence-electron chi connectivity index (χ4n) is 2.16. The molecule has 18 heavy (non-hydrogen) atoms. The van der Waals surface area contributed by atoms with Gasteiger partial charge in [0, 0.05) is 30.7 Å². The number of halogens is 1. The van der Waals surface area contributed by atoms with Crippen LogP contribution in [0.5, 0.6) is 0 Å². The molecule has 1 aliphatic heterocycles. The molecule has 1 aromatic rings. The summed E-state index contributed by atoms with van der Waals surface area (Å²) in [7, 11) is 2.15. The van der Waals surface area contributed by atoms with Crippen LogP contribution in [0.2, 0.25) is 0 Å². The maximum Gasteiger partial charge on any atom is 0.0624 e. The molecule has 1 aromatic carbocycles. The molecular weight excluding hydrogens is 294 g/mol. The van der Waals surface area contributed by atoms with Gasteiger partial charge in [0.05, 0.1) is 18.3 Å². The minimum atomic E-state index is -0.303. The quantitative estimate of drug-likeness (QED) is 0.880. The van der Waals surface area contributed by atoms with Crippen LogP contribution in [-0.4, -0.2) is 49.8 Å². The second-order valence-corrected chi connectivity index (χ2v) is 5.64. The number of hydrogen-bond acceptors (Lipinski definition) is 4. The van der Waals surface area contributed by atoms with E-state index in [0.29, 0.717) is 0 Å². The SMILES string of the molecule is CN1CCN(c2ccc(C(N)CO)cc2Br)CC1. The third-order valence-electron chi connectivity index (χ3n) is 3.44. The van der Waals surface area contributed by atoms with Crippen LogP contribution >= 0.6 is 15.9 Å². The van der Waals surface area contributed by atoms with E-state index in [0.717, 1.165) is 36.2 Å². The van der Waals surface area contributed by atoms with Crippen molar-refractivity contribution in [2.75, 3.05) is 44.7 Å². The zero-order valence-electron chi connectivity index (χ0n) is 10.6. The number of nitrogens with zero attached hydrogens (tertiary/aromatic N) is 2. The summed E-state index contributed by atoms with van der Waals surface area (Å²) in [6, 6.07) is 5.79. The van der Waals surface area contributed by atoms with Crippen molar-refractivity contribution < 1.29 is 5.11 Å². The monoisotopic (exact) mass is 313 g/mol. The second kappa shape index (κ2) is 6.02. The number of aliphatic hydroxyl groups is 1. The zero-order valence-corrected chi connectivity index (χ0v) is 12.2. The lowest BCUT2D eigenvalue weighted by Gasteiger charge is -2.34. The van der Waals surface area contributed by atoms with Gasteiger partial charge in [-0.25, -0.2) is 0 Å². The van der Waals surface area contributed by atoms with Gasteiger partial charge >= 0.3 is 0 Å². The van der Waals surface area contributed by atoms with Gasteiger partial charge in [-0.2, -0.15) is 0 Å². The first-order chi connectivity index (χ1) is 8.61. The number of hydrogen-bond donors (Lipinski definition) is 2. The Morgan fingerprint density at radius 1 is 1.33 bits per heavy atom. The van der Waals surface area contributed by atoms with Gasteiger partial charge in [0.1, 0.15) is 0 Å². The summed E-state index contributed by atoms with van der Waals surface area (Å²) in [6.45, 7) is 4.23. The predicted octanol–water partition coefficient (Wildman–Crippen LogP) is 1.19. The molecule has 1 atom stereocenters. The maximum absolute atomic E-state index is 9.07. The molecule has 1 fully saturated rings. The van der Waals surface area contributed by atoms with Crippen molar-refractivity contribution in [3.63, 3.8) is 0 Å². The fraction of sp³-hybridized carbons (Fsp3) is 0.538. The van der Waals surface area contributed by atoms with Gasteiger partial charge in [-0.3, -0.25) is 0 Å². The predicted molar refractivity (Wildman–Crippen MR) is 77.9 cm³/mol. The van der Waals surface area contributed by atoms with Crippen molar-refractivity contribution in [2.24, 2.45) is 5.73 Å². The molecule has 3 N–H and O–H groups in total. The summed E-state index contributed by atoms with van der Waals surface area (Å²) >= 11 is 3.60. The maximum atomic E-state index is 9.07. The van der Waals surface area contributed by atoms with Gasteiger partial charge in [0.15, 0.2) is 0 Å². The molecule has 0 bridgehead atoms. The van der Waals surface area contributed by atoms with Gasteiger partial charge in [-0.15, -0.1) is 0 Å². The first-order valence-corrected chi connectivity index (χ1v) is 7.00. The minimum absolute atomic E-state index is 0.0275. The van der Waals surface area contributed by atoms with Crippen LogP contribution in [0.15, 0.2) is 22.7 Å². The Morgan fingerprint density at radius 3 is 2.56 bits per heavy atom. The first-order valence-electron chi connectivity index (χ1n) is 6.21. The summed E-state index contributed by atoms with van der Waals surface area (Å²) in [6.07, 6.45) is 0. The van der Waals surface area contributed by atoms with Gasteiger partial charge < -0.3 is 20.6 Å². The van der Waals surface area contributed by atoms with Crippen molar-refractivity contribution >= 4 is 21.6 Å². The van der Waals surface area contributed by atoms with E-state index in [4.69, 9.17) is 10.8 Å². The molecule has 5 heteroatoms. The molecule has 100 valence electrons. The third-order valence-corrected chi connectivity index (χ3v) is 4.08. The number of rotatable bonds is 3. The van der Waals surface area contributed by atoms with E-state index in [1.165, 1.54) is 5.69 Å². The lowest BCUT2D eigenvalue weighted by atomic mass is 10.1. The number of likely N-dealkylation sites (N-methyl/N-ethyl adjacent to an activating group) is 1. The molecule has 0 saturated carbocycles. The molecule has 0 amide bonds. The molecule has 4 nitrogen and oxygen atoms in total. The van der Waals surface area contributed by atoms with E-state index in [1.54, 1.807) is 0 Å². The van der Waals surface area contributed by atoms with E-state index in [-0.39, 0.29) is 12.6 Å². The lowest BCUT2D eigenvalue weighted by molar-refractivity contribution is 0.268. The van der Waals surface area contributed by atoms with Gasteiger partial charge in [0.25, 0.3) is 0 Å². The molecule has 0 aliphatic carbocycles. The Morgan fingerprint density at radius 2 is 2.00 bits per heavy atom. The van der Waals surface area contributed by atoms with Gasteiger partial charge in [-0.1, -0.05) is 6.07 Å². The molecule has 0 spiro atoms. The molecule has 1 aliphatic rings. The largest absolute Gasteiger partial charge is 0.394 e. The van der Waals surface area contributed by atoms with E-state index in [1.807, 2.05) is 12.1 Å². The number of piperazine rings is 1. The van der Waals surface area contributed by atoms with E-state index >= 15 is 0 Å². The van der Waals surface area contributed by atoms with Crippen LogP contribution in [0.25, 0.3) is 0 Å². The number of benzene rings is 1. The summed E-state index contributed by atoms with van der Waals surface area (Å²) in [4.78, 5) is 4.71. The molecule has 2 rings (SSSR count). The Kier molecular flexibility index (Phi) is 4.61. The van der Waals surface area contributed by atoms with Crippen LogP contribution < -0.4 is 10.6 Å². The number of nitrogens with two attached hydrogens (primary N) is 1. The smallest absolute Gasteiger partial charge is 0.0624 e. The highest BCUT2D eigenvalue weighted by Crippen LogP contribution is 2.29. The summed E-state index contributed by atoms with van der Waals surface area (Å²) in [5.41, 5.74) is 7.98. The summed E-state index contributed by atoms with van der Waals surface area (Å²) in [5.74, 6) is 0. The Bertz CT molecular complexity index is 405. The summed E-state index contributed by atoms with van der Waals surface area (Å²) < 4.78 is 1.05. The van der Waals surface area contributed by atoms with Crippen molar-refractivity contribution in [1.82, 2.24) is 4.90 Å². The lowest BCUT2D eigenvalue weighted by Crippen LogP contribution is -2.44. The Balaban J connectivity index is 2.14. The normalized spacial score (nSPS) is 19.0. The van der Waals surface area contributed by atoms with Gasteiger partial charge in [-0.05, 0) is 40.7 Å². The van der Waals surface area contributed by atoms with Crippen molar-refractivity contribution in [2.45, 2.75) is 6.04 Å². The Labute approximate surface area is 117 Å². The highest BCUT2D eigenvalue weighted by atomic mass is 79.9. The van der Waals surface area contributed by atoms with E-state index in [9.17, 15) is 0 Å². The van der Waals surface area contributed by atoms with Crippen molar-refractivity contribution in [3.05, 3.63) is 28.2 Å². The molecule has 1 saturated heterocycles. The van der Waals surface area contributed by atoms with Crippen LogP contribution in [0.3, 0.4) is 0 Å². The highest BCUT2D eigenvalue weighted by Gasteiger charge is 2.17. The average molecular weight is 314 g/mol. The minimum Gasteiger partial charge on any atom is -0.394 e. The topological polar surface area (TPSA) is 52.7 Å². The zero-order chi connectivity index (χ0) is 13.1. The van der Waals surface area contributed by atoms with E-state index in [2.05, 4.69) is 38.8 Å². The van der Waals surface area contributed by atoms with Crippen LogP contribution in [0.1, 0.15) is 11.6 Å². The highest BCUT2D eigenvalue weighted by molar-refractivity contribution is 9.10. The standard InChI is InChI=1S/C13H20BrN3O/c1-16-4-6-17(7-5-16)13-3-2-10(8-11(13)14)12(15)9-18/h2-3,8,12,18H,4-7,9,15H2,1H3. The van der Waals surface area contributed by atoms with Crippen LogP contribution in [0.4, 0.5) is 5.69 Å². The fourth-order valence-corrected chi connectivity index (χ4v) is 2.81. The number of anilines is 1. The van der Waals surface area contributed by atoms with E-state index < -0.39 is 0 Å². The van der Waals surface area contributed by atoms with Crippen LogP contribution in [0, 0.1) is 0 Å². The molecule has 0 radical (unpaired) electrons. The third kappa shape index (κ3) is 3.03. The Hall–Kier alpha value is -0.620. The average Bonchev–Trinajstić information content (AvgIpc) is 2.39. The van der Waals surface area contributed by atoms with Crippen molar-refractivity contribution in [3.8, 4) is 0 Å². The molecule has 1 heterocycles. The molecular formula is C13H20BrN3O. The molecule has 0 aromatic heterocycles. The first kappa shape index (κ1) is 13.8. The van der Waals surface area contributed by atoms with Crippen LogP contribution in [-0.2, 0) is 0 Å². The second-order valence-electron chi connectivity index (χ2n) is 4.79. The number of aliphatic hydroxyl groups excluding tert-OH is 1.